The molecule has 0 atom stereocenters. The van der Waals surface area contributed by atoms with E-state index in [1.807, 2.05) is 19.1 Å². The third-order valence-corrected chi connectivity index (χ3v) is 3.44. The minimum atomic E-state index is -0.345. The first-order chi connectivity index (χ1) is 11.6. The van der Waals surface area contributed by atoms with Crippen LogP contribution in [-0.2, 0) is 0 Å². The average Bonchev–Trinajstić information content (AvgIpc) is 3.10. The van der Waals surface area contributed by atoms with Crippen molar-refractivity contribution in [3.05, 3.63) is 83.8 Å². The molecule has 3 aromatic rings. The Labute approximate surface area is 139 Å². The average molecular weight is 320 g/mol. The maximum absolute atomic E-state index is 12.2. The second kappa shape index (κ2) is 6.83. The van der Waals surface area contributed by atoms with Crippen LogP contribution in [0, 0.1) is 6.92 Å². The van der Waals surface area contributed by atoms with Gasteiger partial charge in [0.15, 0.2) is 5.76 Å². The highest BCUT2D eigenvalue weighted by Gasteiger charge is 2.10. The van der Waals surface area contributed by atoms with Crippen molar-refractivity contribution in [3.63, 3.8) is 0 Å². The van der Waals surface area contributed by atoms with E-state index >= 15 is 0 Å². The first-order valence-electron chi connectivity index (χ1n) is 7.45. The molecular formula is C19H16N2O3. The van der Waals surface area contributed by atoms with E-state index in [4.69, 9.17) is 4.42 Å². The van der Waals surface area contributed by atoms with Gasteiger partial charge in [-0.3, -0.25) is 9.59 Å². The lowest BCUT2D eigenvalue weighted by atomic mass is 10.1. The third kappa shape index (κ3) is 3.70. The Morgan fingerprint density at radius 2 is 1.50 bits per heavy atom. The Bertz CT molecular complexity index is 853. The maximum Gasteiger partial charge on any atom is 0.291 e. The van der Waals surface area contributed by atoms with Gasteiger partial charge in [0.05, 0.1) is 6.26 Å². The number of amides is 2. The molecule has 0 fully saturated rings. The van der Waals surface area contributed by atoms with Crippen LogP contribution in [-0.4, -0.2) is 11.8 Å². The van der Waals surface area contributed by atoms with Gasteiger partial charge >= 0.3 is 0 Å². The van der Waals surface area contributed by atoms with Crippen LogP contribution in [0.1, 0.15) is 26.5 Å². The molecule has 120 valence electrons. The topological polar surface area (TPSA) is 71.3 Å². The summed E-state index contributed by atoms with van der Waals surface area (Å²) in [6.45, 7) is 1.97. The van der Waals surface area contributed by atoms with Gasteiger partial charge in [-0.2, -0.15) is 0 Å². The van der Waals surface area contributed by atoms with Crippen LogP contribution in [0.2, 0.25) is 0 Å². The fraction of sp³-hybridized carbons (Fsp3) is 0.0526. The van der Waals surface area contributed by atoms with E-state index in [2.05, 4.69) is 10.6 Å². The third-order valence-electron chi connectivity index (χ3n) is 3.44. The summed E-state index contributed by atoms with van der Waals surface area (Å²) in [5, 5.41) is 5.53. The molecule has 1 aromatic heterocycles. The monoisotopic (exact) mass is 320 g/mol. The number of rotatable bonds is 4. The number of carbonyl (C=O) groups excluding carboxylic acids is 2. The molecule has 1 heterocycles. The van der Waals surface area contributed by atoms with Crippen LogP contribution < -0.4 is 10.6 Å². The van der Waals surface area contributed by atoms with E-state index in [-0.39, 0.29) is 17.6 Å². The van der Waals surface area contributed by atoms with Crippen molar-refractivity contribution < 1.29 is 14.0 Å². The minimum Gasteiger partial charge on any atom is -0.459 e. The summed E-state index contributed by atoms with van der Waals surface area (Å²) >= 11 is 0. The second-order valence-electron chi connectivity index (χ2n) is 5.33. The molecule has 0 spiro atoms. The van der Waals surface area contributed by atoms with Gasteiger partial charge in [0.1, 0.15) is 0 Å². The molecule has 0 aliphatic carbocycles. The van der Waals surface area contributed by atoms with Crippen molar-refractivity contribution >= 4 is 23.2 Å². The summed E-state index contributed by atoms with van der Waals surface area (Å²) in [7, 11) is 0. The molecule has 24 heavy (non-hydrogen) atoms. The van der Waals surface area contributed by atoms with Crippen LogP contribution in [0.3, 0.4) is 0 Å². The smallest absolute Gasteiger partial charge is 0.291 e. The molecule has 2 amide bonds. The lowest BCUT2D eigenvalue weighted by molar-refractivity contribution is 0.0995. The van der Waals surface area contributed by atoms with Gasteiger partial charge in [-0.05, 0) is 49.4 Å². The first kappa shape index (κ1) is 15.6. The predicted molar refractivity (Wildman–Crippen MR) is 92.2 cm³/mol. The lowest BCUT2D eigenvalue weighted by Gasteiger charge is -2.08. The molecule has 0 aliphatic rings. The van der Waals surface area contributed by atoms with E-state index in [1.54, 1.807) is 48.5 Å². The van der Waals surface area contributed by atoms with Crippen LogP contribution in [0.15, 0.2) is 71.3 Å². The summed E-state index contributed by atoms with van der Waals surface area (Å²) in [6, 6.07) is 17.5. The van der Waals surface area contributed by atoms with E-state index in [0.717, 1.165) is 5.56 Å². The van der Waals surface area contributed by atoms with Crippen molar-refractivity contribution in [1.82, 2.24) is 0 Å². The van der Waals surface area contributed by atoms with Gasteiger partial charge < -0.3 is 15.1 Å². The highest BCUT2D eigenvalue weighted by molar-refractivity contribution is 6.05. The van der Waals surface area contributed by atoms with Crippen molar-refractivity contribution in [2.24, 2.45) is 0 Å². The number of hydrogen-bond donors (Lipinski definition) is 2. The Hall–Kier alpha value is -3.34. The largest absolute Gasteiger partial charge is 0.459 e. The summed E-state index contributed by atoms with van der Waals surface area (Å²) in [4.78, 5) is 24.2. The molecule has 0 unspecified atom stereocenters. The van der Waals surface area contributed by atoms with Crippen LogP contribution in [0.5, 0.6) is 0 Å². The molecule has 0 saturated carbocycles. The molecule has 0 bridgehead atoms. The maximum atomic E-state index is 12.2. The zero-order valence-corrected chi connectivity index (χ0v) is 13.1. The van der Waals surface area contributed by atoms with Gasteiger partial charge in [-0.15, -0.1) is 0 Å². The number of anilines is 2. The van der Waals surface area contributed by atoms with E-state index in [0.29, 0.717) is 16.9 Å². The van der Waals surface area contributed by atoms with E-state index in [9.17, 15) is 9.59 Å². The zero-order valence-electron chi connectivity index (χ0n) is 13.1. The summed E-state index contributed by atoms with van der Waals surface area (Å²) in [6.07, 6.45) is 1.44. The zero-order chi connectivity index (χ0) is 16.9. The number of hydrogen-bond acceptors (Lipinski definition) is 3. The molecular weight excluding hydrogens is 304 g/mol. The van der Waals surface area contributed by atoms with E-state index in [1.165, 1.54) is 6.26 Å². The first-order valence-corrected chi connectivity index (χ1v) is 7.45. The second-order valence-corrected chi connectivity index (χ2v) is 5.33. The van der Waals surface area contributed by atoms with Crippen LogP contribution >= 0.6 is 0 Å². The fourth-order valence-electron chi connectivity index (χ4n) is 2.18. The van der Waals surface area contributed by atoms with Crippen LogP contribution in [0.4, 0.5) is 11.4 Å². The Balaban J connectivity index is 1.70. The Morgan fingerprint density at radius 3 is 2.12 bits per heavy atom. The van der Waals surface area contributed by atoms with Gasteiger partial charge in [0, 0.05) is 16.9 Å². The number of furan rings is 1. The van der Waals surface area contributed by atoms with E-state index < -0.39 is 0 Å². The highest BCUT2D eigenvalue weighted by atomic mass is 16.3. The van der Waals surface area contributed by atoms with Gasteiger partial charge in [-0.25, -0.2) is 0 Å². The number of nitrogens with one attached hydrogen (secondary N) is 2. The summed E-state index contributed by atoms with van der Waals surface area (Å²) < 4.78 is 5.05. The van der Waals surface area contributed by atoms with Crippen molar-refractivity contribution in [2.45, 2.75) is 6.92 Å². The van der Waals surface area contributed by atoms with Crippen molar-refractivity contribution in [2.75, 3.05) is 10.6 Å². The normalized spacial score (nSPS) is 10.2. The van der Waals surface area contributed by atoms with Gasteiger partial charge in [0.25, 0.3) is 11.8 Å². The molecule has 0 saturated heterocycles. The van der Waals surface area contributed by atoms with Crippen LogP contribution in [0.25, 0.3) is 0 Å². The van der Waals surface area contributed by atoms with Crippen molar-refractivity contribution in [1.29, 1.82) is 0 Å². The molecule has 3 rings (SSSR count). The van der Waals surface area contributed by atoms with Gasteiger partial charge in [0.2, 0.25) is 0 Å². The molecule has 0 aliphatic heterocycles. The van der Waals surface area contributed by atoms with Gasteiger partial charge in [-0.1, -0.05) is 23.8 Å². The number of carbonyl (C=O) groups is 2. The molecule has 5 nitrogen and oxygen atoms in total. The molecule has 2 N–H and O–H groups in total. The Morgan fingerprint density at radius 1 is 0.833 bits per heavy atom. The summed E-state index contributed by atoms with van der Waals surface area (Å²) in [5.74, 6) is -0.324. The summed E-state index contributed by atoms with van der Waals surface area (Å²) in [5.41, 5.74) is 2.83. The number of aryl methyl sites for hydroxylation is 1. The minimum absolute atomic E-state index is 0.204. The SMILES string of the molecule is Cc1ccc(C(=O)Nc2cccc(NC(=O)c3ccco3)c2)cc1. The predicted octanol–water partition coefficient (Wildman–Crippen LogP) is 4.09. The lowest BCUT2D eigenvalue weighted by Crippen LogP contribution is -2.13. The standard InChI is InChI=1S/C19H16N2O3/c1-13-7-9-14(10-8-13)18(22)20-15-4-2-5-16(12-15)21-19(23)17-6-3-11-24-17/h2-12H,1H3,(H,20,22)(H,21,23). The Kier molecular flexibility index (Phi) is 4.43. The highest BCUT2D eigenvalue weighted by Crippen LogP contribution is 2.17. The molecule has 0 radical (unpaired) electrons. The molecule has 5 heteroatoms. The van der Waals surface area contributed by atoms with Crippen molar-refractivity contribution in [3.8, 4) is 0 Å². The number of benzene rings is 2. The fourth-order valence-corrected chi connectivity index (χ4v) is 2.18. The quantitative estimate of drug-likeness (QED) is 0.760. The molecule has 2 aromatic carbocycles.